The predicted octanol–water partition coefficient (Wildman–Crippen LogP) is 5.65. The van der Waals surface area contributed by atoms with Gasteiger partial charge in [-0.1, -0.05) is 49.8 Å². The Kier molecular flexibility index (Phi) is 4.48. The third-order valence-electron chi connectivity index (χ3n) is 4.64. The van der Waals surface area contributed by atoms with Crippen LogP contribution in [0.5, 0.6) is 0 Å². The van der Waals surface area contributed by atoms with E-state index in [0.717, 1.165) is 11.8 Å². The van der Waals surface area contributed by atoms with Crippen LogP contribution in [-0.4, -0.2) is 0 Å². The van der Waals surface area contributed by atoms with Crippen molar-refractivity contribution in [1.82, 2.24) is 0 Å². The van der Waals surface area contributed by atoms with Gasteiger partial charge in [0.1, 0.15) is 0 Å². The van der Waals surface area contributed by atoms with Crippen molar-refractivity contribution in [3.63, 3.8) is 0 Å². The fourth-order valence-electron chi connectivity index (χ4n) is 3.08. The second-order valence-electron chi connectivity index (χ2n) is 6.19. The van der Waals surface area contributed by atoms with Gasteiger partial charge in [-0.2, -0.15) is 0 Å². The fraction of sp³-hybridized carbons (Fsp3) is 0.765. The summed E-state index contributed by atoms with van der Waals surface area (Å²) in [6.07, 6.45) is 13.8. The largest absolute Gasteiger partial charge is 0.0696 e. The van der Waals surface area contributed by atoms with E-state index in [1.54, 1.807) is 16.7 Å². The first-order valence-electron chi connectivity index (χ1n) is 7.57. The molecule has 0 aromatic rings. The lowest BCUT2D eigenvalue weighted by Gasteiger charge is -2.24. The molecule has 0 heteroatoms. The minimum atomic E-state index is 0.824. The van der Waals surface area contributed by atoms with E-state index in [1.807, 2.05) is 0 Å². The highest BCUT2D eigenvalue weighted by atomic mass is 14.3. The molecule has 0 radical (unpaired) electrons. The third-order valence-corrected chi connectivity index (χ3v) is 4.64. The summed E-state index contributed by atoms with van der Waals surface area (Å²) in [7, 11) is 0. The molecule has 0 heterocycles. The van der Waals surface area contributed by atoms with Crippen molar-refractivity contribution in [1.29, 1.82) is 0 Å². The van der Waals surface area contributed by atoms with E-state index in [2.05, 4.69) is 26.8 Å². The van der Waals surface area contributed by atoms with Gasteiger partial charge < -0.3 is 0 Å². The van der Waals surface area contributed by atoms with Crippen molar-refractivity contribution >= 4 is 0 Å². The highest BCUT2D eigenvalue weighted by Crippen LogP contribution is 2.36. The van der Waals surface area contributed by atoms with Crippen molar-refractivity contribution in [2.24, 2.45) is 11.8 Å². The first kappa shape index (κ1) is 12.9. The van der Waals surface area contributed by atoms with Gasteiger partial charge in [-0.3, -0.25) is 0 Å². The molecule has 96 valence electrons. The van der Waals surface area contributed by atoms with Crippen LogP contribution in [0.15, 0.2) is 22.8 Å². The van der Waals surface area contributed by atoms with Gasteiger partial charge in [0.05, 0.1) is 0 Å². The van der Waals surface area contributed by atoms with Crippen LogP contribution in [0.3, 0.4) is 0 Å². The Morgan fingerprint density at radius 3 is 2.59 bits per heavy atom. The second kappa shape index (κ2) is 5.89. The Hall–Kier alpha value is -0.520. The summed E-state index contributed by atoms with van der Waals surface area (Å²) in [6, 6.07) is 0. The normalized spacial score (nSPS) is 25.1. The molecule has 2 aliphatic rings. The second-order valence-corrected chi connectivity index (χ2v) is 6.19. The van der Waals surface area contributed by atoms with Crippen LogP contribution in [-0.2, 0) is 0 Å². The SMILES string of the molecule is CCC1CC(C)=C(CCCCC2CC2)C=C1C. The Morgan fingerprint density at radius 1 is 1.18 bits per heavy atom. The molecule has 0 aliphatic heterocycles. The van der Waals surface area contributed by atoms with E-state index in [-0.39, 0.29) is 0 Å². The molecule has 0 aromatic heterocycles. The van der Waals surface area contributed by atoms with E-state index < -0.39 is 0 Å². The Morgan fingerprint density at radius 2 is 1.94 bits per heavy atom. The van der Waals surface area contributed by atoms with Crippen molar-refractivity contribution in [2.45, 2.75) is 72.1 Å². The summed E-state index contributed by atoms with van der Waals surface area (Å²) in [5, 5.41) is 0. The number of hydrogen-bond acceptors (Lipinski definition) is 0. The topological polar surface area (TPSA) is 0 Å². The first-order chi connectivity index (χ1) is 8.20. The number of allylic oxidation sites excluding steroid dienone is 4. The third kappa shape index (κ3) is 3.72. The molecule has 0 aromatic carbocycles. The highest BCUT2D eigenvalue weighted by molar-refractivity contribution is 5.33. The van der Waals surface area contributed by atoms with Crippen LogP contribution in [0.4, 0.5) is 0 Å². The van der Waals surface area contributed by atoms with Crippen molar-refractivity contribution in [2.75, 3.05) is 0 Å². The molecule has 0 bridgehead atoms. The maximum absolute atomic E-state index is 2.49. The zero-order valence-corrected chi connectivity index (χ0v) is 11.9. The lowest BCUT2D eigenvalue weighted by molar-refractivity contribution is 0.564. The first-order valence-corrected chi connectivity index (χ1v) is 7.57. The van der Waals surface area contributed by atoms with Gasteiger partial charge in [0.25, 0.3) is 0 Å². The summed E-state index contributed by atoms with van der Waals surface area (Å²) >= 11 is 0. The van der Waals surface area contributed by atoms with E-state index in [0.29, 0.717) is 0 Å². The minimum Gasteiger partial charge on any atom is -0.0696 e. The predicted molar refractivity (Wildman–Crippen MR) is 76.0 cm³/mol. The summed E-state index contributed by atoms with van der Waals surface area (Å²) in [5.74, 6) is 1.93. The summed E-state index contributed by atoms with van der Waals surface area (Å²) in [4.78, 5) is 0. The number of hydrogen-bond donors (Lipinski definition) is 0. The molecule has 2 rings (SSSR count). The van der Waals surface area contributed by atoms with Gasteiger partial charge >= 0.3 is 0 Å². The lowest BCUT2D eigenvalue weighted by Crippen LogP contribution is -2.08. The maximum Gasteiger partial charge on any atom is -0.0168 e. The molecule has 1 saturated carbocycles. The molecular formula is C17H28. The standard InChI is InChI=1S/C17H28/c1-4-16-11-14(3)17(12-13(16)2)8-6-5-7-15-9-10-15/h12,15-16H,4-11H2,1-3H3. The van der Waals surface area contributed by atoms with E-state index in [1.165, 1.54) is 51.4 Å². The number of rotatable bonds is 6. The van der Waals surface area contributed by atoms with Crippen molar-refractivity contribution in [3.8, 4) is 0 Å². The molecule has 0 amide bonds. The molecule has 2 aliphatic carbocycles. The Bertz CT molecular complexity index is 315. The monoisotopic (exact) mass is 232 g/mol. The van der Waals surface area contributed by atoms with Gasteiger partial charge in [0.15, 0.2) is 0 Å². The molecule has 0 nitrogen and oxygen atoms in total. The Balaban J connectivity index is 1.78. The fourth-order valence-corrected chi connectivity index (χ4v) is 3.08. The minimum absolute atomic E-state index is 0.824. The summed E-state index contributed by atoms with van der Waals surface area (Å²) in [5.41, 5.74) is 4.94. The van der Waals surface area contributed by atoms with Crippen LogP contribution < -0.4 is 0 Å². The molecule has 17 heavy (non-hydrogen) atoms. The average molecular weight is 232 g/mol. The van der Waals surface area contributed by atoms with E-state index in [4.69, 9.17) is 0 Å². The zero-order chi connectivity index (χ0) is 12.3. The van der Waals surface area contributed by atoms with Crippen molar-refractivity contribution < 1.29 is 0 Å². The summed E-state index contributed by atoms with van der Waals surface area (Å²) in [6.45, 7) is 6.99. The molecule has 0 saturated heterocycles. The maximum atomic E-state index is 2.49. The molecule has 1 fully saturated rings. The van der Waals surface area contributed by atoms with Crippen LogP contribution in [0, 0.1) is 11.8 Å². The van der Waals surface area contributed by atoms with E-state index >= 15 is 0 Å². The Labute approximate surface area is 107 Å². The van der Waals surface area contributed by atoms with Crippen molar-refractivity contribution in [3.05, 3.63) is 22.8 Å². The smallest absolute Gasteiger partial charge is 0.0168 e. The van der Waals surface area contributed by atoms with E-state index in [9.17, 15) is 0 Å². The summed E-state index contributed by atoms with van der Waals surface area (Å²) < 4.78 is 0. The van der Waals surface area contributed by atoms with Gasteiger partial charge in [-0.25, -0.2) is 0 Å². The van der Waals surface area contributed by atoms with Crippen LogP contribution in [0.25, 0.3) is 0 Å². The van der Waals surface area contributed by atoms with Crippen LogP contribution in [0.2, 0.25) is 0 Å². The number of unbranched alkanes of at least 4 members (excludes halogenated alkanes) is 1. The van der Waals surface area contributed by atoms with Crippen LogP contribution >= 0.6 is 0 Å². The molecule has 0 spiro atoms. The molecule has 0 N–H and O–H groups in total. The quantitative estimate of drug-likeness (QED) is 0.519. The zero-order valence-electron chi connectivity index (χ0n) is 11.9. The van der Waals surface area contributed by atoms with Gasteiger partial charge in [0, 0.05) is 0 Å². The lowest BCUT2D eigenvalue weighted by atomic mass is 9.82. The molecular weight excluding hydrogens is 204 g/mol. The molecule has 1 unspecified atom stereocenters. The average Bonchev–Trinajstić information content (AvgIpc) is 3.12. The van der Waals surface area contributed by atoms with Gasteiger partial charge in [0.2, 0.25) is 0 Å². The highest BCUT2D eigenvalue weighted by Gasteiger charge is 2.20. The van der Waals surface area contributed by atoms with Gasteiger partial charge in [-0.15, -0.1) is 0 Å². The van der Waals surface area contributed by atoms with Crippen LogP contribution in [0.1, 0.15) is 72.1 Å². The van der Waals surface area contributed by atoms with Gasteiger partial charge in [-0.05, 0) is 56.9 Å². The molecule has 1 atom stereocenters.